The lowest BCUT2D eigenvalue weighted by atomic mass is 11.0. The van der Waals surface area contributed by atoms with E-state index in [1.807, 2.05) is 0 Å². The largest absolute Gasteiger partial charge is 0.320 e. The molecule has 0 aliphatic carbocycles. The monoisotopic (exact) mass is 149 g/mol. The number of hydrazine groups is 3. The molecule has 7 N–H and O–H groups in total. The first-order valence-electron chi connectivity index (χ1n) is 2.06. The molecular weight excluding hydrogens is 142 g/mol. The van der Waals surface area contributed by atoms with Crippen LogP contribution in [0.5, 0.6) is 0 Å². The van der Waals surface area contributed by atoms with Crippen LogP contribution in [0.4, 0.5) is 0 Å². The fourth-order valence-electron chi connectivity index (χ4n) is 0.235. The summed E-state index contributed by atoms with van der Waals surface area (Å²) in [7, 11) is 0. The van der Waals surface area contributed by atoms with E-state index >= 15 is 0 Å². The number of rotatable bonds is 1. The molecule has 0 unspecified atom stereocenters. The van der Waals surface area contributed by atoms with Crippen molar-refractivity contribution in [3.8, 4) is 0 Å². The SMILES string of the molecule is N/N=C(\N[N+](=O)[O-])N(N)N. The van der Waals surface area contributed by atoms with E-state index in [2.05, 4.69) is 10.9 Å². The standard InChI is InChI=1S/CH7N7O2/c2-5-1(7(3)4)6-8(9)10/h2-4H2,(H,5,6). The van der Waals surface area contributed by atoms with Gasteiger partial charge in [0.05, 0.1) is 0 Å². The maximum atomic E-state index is 9.69. The van der Waals surface area contributed by atoms with Gasteiger partial charge in [-0.15, -0.1) is 5.10 Å². The van der Waals surface area contributed by atoms with E-state index < -0.39 is 11.0 Å². The Hall–Kier alpha value is -1.61. The van der Waals surface area contributed by atoms with Crippen LogP contribution in [0, 0.1) is 10.1 Å². The quantitative estimate of drug-likeness (QED) is 0.102. The van der Waals surface area contributed by atoms with Gasteiger partial charge in [-0.25, -0.2) is 26.9 Å². The number of guanidine groups is 1. The van der Waals surface area contributed by atoms with Gasteiger partial charge in [-0.05, 0) is 0 Å². The van der Waals surface area contributed by atoms with Crippen LogP contribution in [0.2, 0.25) is 0 Å². The number of hydrazone groups is 1. The summed E-state index contributed by atoms with van der Waals surface area (Å²) in [6.07, 6.45) is 0. The van der Waals surface area contributed by atoms with Gasteiger partial charge < -0.3 is 5.84 Å². The second kappa shape index (κ2) is 3.42. The number of nitrogens with two attached hydrogens (primary N) is 3. The zero-order valence-electron chi connectivity index (χ0n) is 4.89. The van der Waals surface area contributed by atoms with Crippen molar-refractivity contribution >= 4 is 5.96 Å². The predicted molar refractivity (Wildman–Crippen MR) is 32.0 cm³/mol. The number of nitrogens with one attached hydrogen (secondary N) is 1. The van der Waals surface area contributed by atoms with E-state index in [1.54, 1.807) is 5.43 Å². The van der Waals surface area contributed by atoms with Gasteiger partial charge in [-0.3, -0.25) is 0 Å². The van der Waals surface area contributed by atoms with Gasteiger partial charge in [0.25, 0.3) is 0 Å². The molecule has 0 amide bonds. The highest BCUT2D eigenvalue weighted by Gasteiger charge is 2.06. The summed E-state index contributed by atoms with van der Waals surface area (Å²) in [5.74, 6) is 13.9. The Morgan fingerprint density at radius 1 is 1.70 bits per heavy atom. The fourth-order valence-corrected chi connectivity index (χ4v) is 0.235. The molecule has 10 heavy (non-hydrogen) atoms. The summed E-state index contributed by atoms with van der Waals surface area (Å²) in [4.78, 5) is 9.69. The highest BCUT2D eigenvalue weighted by Crippen LogP contribution is 1.67. The van der Waals surface area contributed by atoms with Gasteiger partial charge in [-0.1, -0.05) is 5.43 Å². The minimum Gasteiger partial charge on any atom is -0.320 e. The summed E-state index contributed by atoms with van der Waals surface area (Å²) in [5, 5.41) is 12.1. The number of hydrogen-bond acceptors (Lipinski definition) is 6. The van der Waals surface area contributed by atoms with Gasteiger partial charge >= 0.3 is 5.96 Å². The molecule has 0 saturated heterocycles. The molecule has 0 fully saturated rings. The zero-order valence-corrected chi connectivity index (χ0v) is 4.89. The molecule has 0 aromatic heterocycles. The Kier molecular flexibility index (Phi) is 2.87. The molecule has 0 bridgehead atoms. The van der Waals surface area contributed by atoms with Crippen molar-refractivity contribution in [3.05, 3.63) is 10.1 Å². The third-order valence-electron chi connectivity index (χ3n) is 0.558. The Morgan fingerprint density at radius 2 is 2.20 bits per heavy atom. The van der Waals surface area contributed by atoms with Crippen LogP contribution in [0.3, 0.4) is 0 Å². The molecule has 0 spiro atoms. The molecular formula is CH7N7O2. The second-order valence-corrected chi connectivity index (χ2v) is 1.23. The molecule has 0 aliphatic rings. The summed E-state index contributed by atoms with van der Waals surface area (Å²) in [5.41, 5.74) is 1.55. The van der Waals surface area contributed by atoms with Crippen molar-refractivity contribution in [2.45, 2.75) is 0 Å². The number of nitrogens with zero attached hydrogens (tertiary/aromatic N) is 3. The third-order valence-corrected chi connectivity index (χ3v) is 0.558. The van der Waals surface area contributed by atoms with E-state index in [0.717, 1.165) is 0 Å². The van der Waals surface area contributed by atoms with Gasteiger partial charge in [0, 0.05) is 0 Å². The molecule has 9 nitrogen and oxygen atoms in total. The second-order valence-electron chi connectivity index (χ2n) is 1.23. The molecule has 0 radical (unpaired) electrons. The molecule has 0 heterocycles. The third kappa shape index (κ3) is 2.64. The lowest BCUT2D eigenvalue weighted by Crippen LogP contribution is -2.52. The molecule has 0 rings (SSSR count). The Labute approximate surface area is 55.5 Å². The van der Waals surface area contributed by atoms with Gasteiger partial charge in [-0.2, -0.15) is 0 Å². The van der Waals surface area contributed by atoms with Crippen LogP contribution in [0.1, 0.15) is 0 Å². The van der Waals surface area contributed by atoms with E-state index in [0.29, 0.717) is 5.12 Å². The van der Waals surface area contributed by atoms with Crippen molar-refractivity contribution in [2.24, 2.45) is 22.6 Å². The van der Waals surface area contributed by atoms with Crippen molar-refractivity contribution in [2.75, 3.05) is 0 Å². The van der Waals surface area contributed by atoms with E-state index in [-0.39, 0.29) is 0 Å². The first kappa shape index (κ1) is 8.39. The average Bonchev–Trinajstić information content (AvgIpc) is 1.81. The van der Waals surface area contributed by atoms with Gasteiger partial charge in [0.1, 0.15) is 0 Å². The molecule has 9 heteroatoms. The summed E-state index contributed by atoms with van der Waals surface area (Å²) < 4.78 is 0. The molecule has 0 aliphatic heterocycles. The van der Waals surface area contributed by atoms with Crippen molar-refractivity contribution in [3.63, 3.8) is 0 Å². The first-order valence-corrected chi connectivity index (χ1v) is 2.06. The van der Waals surface area contributed by atoms with Gasteiger partial charge in [0.2, 0.25) is 0 Å². The molecule has 0 aromatic rings. The van der Waals surface area contributed by atoms with Crippen molar-refractivity contribution < 1.29 is 5.03 Å². The topological polar surface area (TPSA) is 149 Å². The van der Waals surface area contributed by atoms with Crippen LogP contribution in [0.25, 0.3) is 0 Å². The van der Waals surface area contributed by atoms with Crippen LogP contribution in [-0.2, 0) is 0 Å². The van der Waals surface area contributed by atoms with Crippen LogP contribution in [-0.4, -0.2) is 16.1 Å². The minimum absolute atomic E-state index is 0.392. The van der Waals surface area contributed by atoms with Crippen LogP contribution < -0.4 is 23.0 Å². The Bertz CT molecular complexity index is 150. The highest BCUT2D eigenvalue weighted by atomic mass is 16.7. The summed E-state index contributed by atoms with van der Waals surface area (Å²) >= 11 is 0. The fraction of sp³-hybridized carbons (Fsp3) is 0. The zero-order chi connectivity index (χ0) is 8.15. The van der Waals surface area contributed by atoms with Crippen molar-refractivity contribution in [1.82, 2.24) is 10.5 Å². The van der Waals surface area contributed by atoms with E-state index in [1.165, 1.54) is 0 Å². The number of nitro groups is 1. The predicted octanol–water partition coefficient (Wildman–Crippen LogP) is -2.95. The maximum absolute atomic E-state index is 9.69. The first-order chi connectivity index (χ1) is 4.57. The van der Waals surface area contributed by atoms with Crippen LogP contribution in [0.15, 0.2) is 5.10 Å². The van der Waals surface area contributed by atoms with E-state index in [4.69, 9.17) is 11.7 Å². The summed E-state index contributed by atoms with van der Waals surface area (Å²) in [6, 6.07) is 0. The summed E-state index contributed by atoms with van der Waals surface area (Å²) in [6.45, 7) is 0. The molecule has 58 valence electrons. The minimum atomic E-state index is -0.890. The molecule has 0 aromatic carbocycles. The van der Waals surface area contributed by atoms with Crippen LogP contribution >= 0.6 is 0 Å². The Morgan fingerprint density at radius 3 is 2.30 bits per heavy atom. The smallest absolute Gasteiger partial charge is 0.306 e. The van der Waals surface area contributed by atoms with E-state index in [9.17, 15) is 10.1 Å². The lowest BCUT2D eigenvalue weighted by Gasteiger charge is -2.08. The maximum Gasteiger partial charge on any atom is 0.306 e. The highest BCUT2D eigenvalue weighted by molar-refractivity contribution is 5.77. The lowest BCUT2D eigenvalue weighted by molar-refractivity contribution is -0.526. The van der Waals surface area contributed by atoms with Crippen molar-refractivity contribution in [1.29, 1.82) is 0 Å². The average molecular weight is 149 g/mol. The Balaban J connectivity index is 3.99. The van der Waals surface area contributed by atoms with Gasteiger partial charge in [0.15, 0.2) is 5.03 Å². The molecule has 0 saturated carbocycles. The molecule has 0 atom stereocenters. The number of hydrogen-bond donors (Lipinski definition) is 4. The normalized spacial score (nSPS) is 10.8.